The first-order valence-corrected chi connectivity index (χ1v) is 6.23. The molecule has 2 heterocycles. The Hall–Kier alpha value is -3.24. The maximum absolute atomic E-state index is 12.0. The predicted octanol–water partition coefficient (Wildman–Crippen LogP) is -1.76. The van der Waals surface area contributed by atoms with E-state index in [1.165, 1.54) is 14.1 Å². The second-order valence-corrected chi connectivity index (χ2v) is 4.42. The van der Waals surface area contributed by atoms with Crippen LogP contribution in [0.4, 0.5) is 0 Å². The molecule has 2 aromatic rings. The molecule has 2 rings (SSSR count). The topological polar surface area (TPSA) is 127 Å². The summed E-state index contributed by atoms with van der Waals surface area (Å²) in [5, 5.41) is 7.22. The van der Waals surface area contributed by atoms with Crippen LogP contribution in [0.25, 0.3) is 5.82 Å². The minimum absolute atomic E-state index is 0.0545. The van der Waals surface area contributed by atoms with Crippen LogP contribution in [0.2, 0.25) is 0 Å². The molecular weight excluding hydrogens is 310 g/mol. The monoisotopic (exact) mass is 323 g/mol. The van der Waals surface area contributed by atoms with Crippen LogP contribution >= 0.6 is 0 Å². The molecule has 11 heteroatoms. The largest absolute Gasteiger partial charge is 0.464 e. The highest BCUT2D eigenvalue weighted by molar-refractivity contribution is 6.00. The number of methoxy groups -OCH3 is 2. The highest BCUT2D eigenvalue weighted by Gasteiger charge is 2.28. The van der Waals surface area contributed by atoms with Gasteiger partial charge >= 0.3 is 17.6 Å². The van der Waals surface area contributed by atoms with Crippen LogP contribution in [0.3, 0.4) is 0 Å². The molecular formula is C12H13N5O6. The number of aromatic nitrogens is 5. The quantitative estimate of drug-likeness (QED) is 0.608. The van der Waals surface area contributed by atoms with Crippen LogP contribution in [-0.2, 0) is 23.6 Å². The Balaban J connectivity index is 2.83. The lowest BCUT2D eigenvalue weighted by Crippen LogP contribution is -2.38. The third kappa shape index (κ3) is 2.52. The molecule has 0 aliphatic heterocycles. The number of rotatable bonds is 3. The molecule has 0 amide bonds. The van der Waals surface area contributed by atoms with Crippen molar-refractivity contribution in [3.8, 4) is 5.82 Å². The predicted molar refractivity (Wildman–Crippen MR) is 74.5 cm³/mol. The van der Waals surface area contributed by atoms with Crippen molar-refractivity contribution in [2.45, 2.75) is 0 Å². The summed E-state index contributed by atoms with van der Waals surface area (Å²) in [5.74, 6) is -1.89. The summed E-state index contributed by atoms with van der Waals surface area (Å²) in [7, 11) is 4.88. The zero-order chi connectivity index (χ0) is 17.3. The van der Waals surface area contributed by atoms with Gasteiger partial charge in [0.05, 0.1) is 14.2 Å². The van der Waals surface area contributed by atoms with E-state index in [1.54, 1.807) is 0 Å². The van der Waals surface area contributed by atoms with E-state index in [4.69, 9.17) is 0 Å². The van der Waals surface area contributed by atoms with E-state index >= 15 is 0 Å². The minimum atomic E-state index is -0.927. The number of hydrogen-bond acceptors (Lipinski definition) is 8. The van der Waals surface area contributed by atoms with E-state index in [2.05, 4.69) is 19.8 Å². The number of hydrogen-bond donors (Lipinski definition) is 0. The van der Waals surface area contributed by atoms with Crippen molar-refractivity contribution in [3.05, 3.63) is 38.3 Å². The lowest BCUT2D eigenvalue weighted by molar-refractivity contribution is 0.0545. The summed E-state index contributed by atoms with van der Waals surface area (Å²) in [6.45, 7) is 0. The Morgan fingerprint density at radius 2 is 1.65 bits per heavy atom. The van der Waals surface area contributed by atoms with Gasteiger partial charge in [0, 0.05) is 20.2 Å². The first-order chi connectivity index (χ1) is 10.8. The van der Waals surface area contributed by atoms with Gasteiger partial charge in [-0.1, -0.05) is 5.21 Å². The van der Waals surface area contributed by atoms with E-state index in [1.807, 2.05) is 0 Å². The molecule has 0 radical (unpaired) electrons. The zero-order valence-corrected chi connectivity index (χ0v) is 12.8. The van der Waals surface area contributed by atoms with Gasteiger partial charge in [0.25, 0.3) is 5.56 Å². The fourth-order valence-corrected chi connectivity index (χ4v) is 1.88. The molecule has 0 aromatic carbocycles. The molecule has 0 unspecified atom stereocenters. The number of nitrogens with zero attached hydrogens (tertiary/aromatic N) is 5. The molecule has 0 saturated carbocycles. The summed E-state index contributed by atoms with van der Waals surface area (Å²) in [4.78, 5) is 47.5. The average Bonchev–Trinajstić information content (AvgIpc) is 2.99. The van der Waals surface area contributed by atoms with Crippen molar-refractivity contribution in [2.75, 3.05) is 14.2 Å². The molecule has 2 aromatic heterocycles. The Bertz CT molecular complexity index is 906. The van der Waals surface area contributed by atoms with Crippen LogP contribution in [-0.4, -0.2) is 50.3 Å². The van der Waals surface area contributed by atoms with Gasteiger partial charge in [-0.15, -0.1) is 5.10 Å². The van der Waals surface area contributed by atoms with Gasteiger partial charge in [0.15, 0.2) is 5.69 Å². The maximum Gasteiger partial charge on any atom is 0.361 e. The fraction of sp³-hybridized carbons (Fsp3) is 0.333. The van der Waals surface area contributed by atoms with Crippen LogP contribution in [0, 0.1) is 0 Å². The standard InChI is InChI=1S/C12H13N5O6/c1-15-6(5-7(18)16(2)12(15)21)17-9(11(20)23-4)8(13-14-17)10(19)22-3/h5H,1-4H3. The summed E-state index contributed by atoms with van der Waals surface area (Å²) in [6, 6.07) is 1.07. The average molecular weight is 323 g/mol. The summed E-state index contributed by atoms with van der Waals surface area (Å²) >= 11 is 0. The minimum Gasteiger partial charge on any atom is -0.464 e. The van der Waals surface area contributed by atoms with Gasteiger partial charge < -0.3 is 9.47 Å². The number of carbonyl (C=O) groups excluding carboxylic acids is 2. The molecule has 122 valence electrons. The van der Waals surface area contributed by atoms with E-state index in [0.29, 0.717) is 0 Å². The maximum atomic E-state index is 12.0. The Labute approximate surface area is 128 Å². The molecule has 0 bridgehead atoms. The molecule has 0 spiro atoms. The van der Waals surface area contributed by atoms with Gasteiger partial charge in [0.1, 0.15) is 5.82 Å². The molecule has 0 fully saturated rings. The van der Waals surface area contributed by atoms with E-state index in [-0.39, 0.29) is 11.5 Å². The van der Waals surface area contributed by atoms with Crippen molar-refractivity contribution in [2.24, 2.45) is 14.1 Å². The van der Waals surface area contributed by atoms with Gasteiger partial charge in [-0.3, -0.25) is 13.9 Å². The van der Waals surface area contributed by atoms with Crippen molar-refractivity contribution >= 4 is 11.9 Å². The third-order valence-corrected chi connectivity index (χ3v) is 3.15. The second kappa shape index (κ2) is 5.87. The molecule has 0 aliphatic rings. The van der Waals surface area contributed by atoms with Crippen molar-refractivity contribution < 1.29 is 19.1 Å². The van der Waals surface area contributed by atoms with Crippen LogP contribution in [0.5, 0.6) is 0 Å². The Morgan fingerprint density at radius 1 is 1.04 bits per heavy atom. The van der Waals surface area contributed by atoms with Crippen LogP contribution in [0.1, 0.15) is 21.0 Å². The lowest BCUT2D eigenvalue weighted by atomic mass is 10.3. The van der Waals surface area contributed by atoms with Gasteiger partial charge in [-0.25, -0.2) is 14.4 Å². The van der Waals surface area contributed by atoms with Gasteiger partial charge in [-0.2, -0.15) is 4.68 Å². The second-order valence-electron chi connectivity index (χ2n) is 4.42. The fourth-order valence-electron chi connectivity index (χ4n) is 1.88. The van der Waals surface area contributed by atoms with Crippen molar-refractivity contribution in [1.29, 1.82) is 0 Å². The van der Waals surface area contributed by atoms with Crippen LogP contribution < -0.4 is 11.2 Å². The first kappa shape index (κ1) is 16.1. The van der Waals surface area contributed by atoms with Gasteiger partial charge in [0.2, 0.25) is 5.69 Å². The highest BCUT2D eigenvalue weighted by Crippen LogP contribution is 2.13. The Morgan fingerprint density at radius 3 is 2.22 bits per heavy atom. The van der Waals surface area contributed by atoms with Crippen LogP contribution in [0.15, 0.2) is 15.7 Å². The summed E-state index contributed by atoms with van der Waals surface area (Å²) in [5.41, 5.74) is -2.01. The molecule has 23 heavy (non-hydrogen) atoms. The number of carbonyl (C=O) groups is 2. The Kier molecular flexibility index (Phi) is 4.12. The SMILES string of the molecule is COC(=O)c1nnn(-c2cc(=O)n(C)c(=O)n2C)c1C(=O)OC. The summed E-state index contributed by atoms with van der Waals surface area (Å²) < 4.78 is 11.9. The lowest BCUT2D eigenvalue weighted by Gasteiger charge is -2.10. The normalized spacial score (nSPS) is 10.4. The molecule has 0 saturated heterocycles. The van der Waals surface area contributed by atoms with Gasteiger partial charge in [-0.05, 0) is 0 Å². The molecule has 0 N–H and O–H groups in total. The molecule has 0 atom stereocenters. The van der Waals surface area contributed by atoms with E-state index in [0.717, 1.165) is 34.1 Å². The zero-order valence-electron chi connectivity index (χ0n) is 12.8. The molecule has 0 aliphatic carbocycles. The smallest absolute Gasteiger partial charge is 0.361 e. The highest BCUT2D eigenvalue weighted by atomic mass is 16.5. The number of esters is 2. The van der Waals surface area contributed by atoms with E-state index < -0.39 is 28.9 Å². The third-order valence-electron chi connectivity index (χ3n) is 3.15. The molecule has 11 nitrogen and oxygen atoms in total. The van der Waals surface area contributed by atoms with E-state index in [9.17, 15) is 19.2 Å². The van der Waals surface area contributed by atoms with Crippen molar-refractivity contribution in [1.82, 2.24) is 24.1 Å². The summed E-state index contributed by atoms with van der Waals surface area (Å²) in [6.07, 6.45) is 0. The van der Waals surface area contributed by atoms with Crippen molar-refractivity contribution in [3.63, 3.8) is 0 Å². The first-order valence-electron chi connectivity index (χ1n) is 6.23. The number of ether oxygens (including phenoxy) is 2.